The highest BCUT2D eigenvalue weighted by atomic mass is 32.2. The van der Waals surface area contributed by atoms with Crippen LogP contribution in [0, 0.1) is 0 Å². The Morgan fingerprint density at radius 3 is 2.02 bits per heavy atom. The molecule has 1 N–H and O–H groups in total. The van der Waals surface area contributed by atoms with Crippen LogP contribution < -0.4 is 15.0 Å². The summed E-state index contributed by atoms with van der Waals surface area (Å²) < 4.78 is 10.8. The van der Waals surface area contributed by atoms with Gasteiger partial charge in [-0.3, -0.25) is 9.69 Å². The minimum absolute atomic E-state index is 0.141. The van der Waals surface area contributed by atoms with Crippen LogP contribution in [0.3, 0.4) is 0 Å². The number of carbonyl (C=O) groups excluding carboxylic acids is 2. The van der Waals surface area contributed by atoms with E-state index in [2.05, 4.69) is 19.2 Å². The van der Waals surface area contributed by atoms with Gasteiger partial charge in [0.15, 0.2) is 0 Å². The molecule has 0 aliphatic carbocycles. The van der Waals surface area contributed by atoms with Crippen LogP contribution in [0.25, 0.3) is 0 Å². The van der Waals surface area contributed by atoms with E-state index in [1.807, 2.05) is 84.6 Å². The van der Waals surface area contributed by atoms with E-state index in [9.17, 15) is 9.59 Å². The number of nitrogens with one attached hydrogen (secondary N) is 1. The number of hydrogen-bond donors (Lipinski definition) is 1. The number of amides is 2. The zero-order chi connectivity index (χ0) is 29.3. The molecule has 0 saturated heterocycles. The fourth-order valence-electron chi connectivity index (χ4n) is 4.27. The lowest BCUT2D eigenvalue weighted by atomic mass is 10.1. The van der Waals surface area contributed by atoms with Gasteiger partial charge in [0, 0.05) is 27.7 Å². The van der Waals surface area contributed by atoms with Crippen molar-refractivity contribution in [3.63, 3.8) is 0 Å². The molecular formula is C34H44N2O4S. The van der Waals surface area contributed by atoms with E-state index in [0.29, 0.717) is 19.8 Å². The van der Waals surface area contributed by atoms with E-state index in [1.54, 1.807) is 11.8 Å². The lowest BCUT2D eigenvalue weighted by Gasteiger charge is -2.24. The van der Waals surface area contributed by atoms with E-state index < -0.39 is 0 Å². The molecule has 0 bridgehead atoms. The number of unbranched alkanes of at least 4 members (excludes halogenated alkanes) is 5. The van der Waals surface area contributed by atoms with Crippen molar-refractivity contribution in [1.82, 2.24) is 0 Å². The minimum atomic E-state index is -0.212. The van der Waals surface area contributed by atoms with Crippen LogP contribution in [0.15, 0.2) is 82.6 Å². The van der Waals surface area contributed by atoms with Gasteiger partial charge in [-0.1, -0.05) is 69.8 Å². The number of benzene rings is 3. The monoisotopic (exact) mass is 576 g/mol. The lowest BCUT2D eigenvalue weighted by Crippen LogP contribution is -2.35. The first-order chi connectivity index (χ1) is 20.0. The molecule has 2 amide bonds. The molecule has 3 aromatic rings. The fraction of sp³-hybridized carbons (Fsp3) is 0.412. The predicted octanol–water partition coefficient (Wildman–Crippen LogP) is 9.13. The summed E-state index contributed by atoms with van der Waals surface area (Å²) in [6, 6.07) is 23.5. The molecule has 0 aromatic heterocycles. The maximum Gasteiger partial charge on any atom is 0.326 e. The van der Waals surface area contributed by atoms with E-state index in [0.717, 1.165) is 58.2 Å². The molecule has 41 heavy (non-hydrogen) atoms. The zero-order valence-corrected chi connectivity index (χ0v) is 25.5. The second-order valence-electron chi connectivity index (χ2n) is 9.94. The molecule has 0 atom stereocenters. The SMILES string of the molecule is CCCCCCCN(C(=O)Nc1ccc(OCCCC)cc1)c1ccc(Sc2ccc(CC(=O)OCC)cc2)cc1. The first-order valence-electron chi connectivity index (χ1n) is 14.9. The summed E-state index contributed by atoms with van der Waals surface area (Å²) in [6.45, 7) is 7.90. The van der Waals surface area contributed by atoms with Crippen LogP contribution >= 0.6 is 11.8 Å². The number of anilines is 2. The third kappa shape index (κ3) is 11.5. The van der Waals surface area contributed by atoms with Crippen molar-refractivity contribution in [2.75, 3.05) is 30.0 Å². The van der Waals surface area contributed by atoms with Crippen LogP contribution in [-0.2, 0) is 16.0 Å². The summed E-state index contributed by atoms with van der Waals surface area (Å²) in [5.41, 5.74) is 2.54. The zero-order valence-electron chi connectivity index (χ0n) is 24.7. The number of ether oxygens (including phenoxy) is 2. The van der Waals surface area contributed by atoms with E-state index in [-0.39, 0.29) is 18.4 Å². The average Bonchev–Trinajstić information content (AvgIpc) is 2.98. The van der Waals surface area contributed by atoms with Crippen molar-refractivity contribution in [2.45, 2.75) is 81.9 Å². The molecule has 7 heteroatoms. The Bertz CT molecular complexity index is 1180. The summed E-state index contributed by atoms with van der Waals surface area (Å²) in [5, 5.41) is 3.06. The standard InChI is InChI=1S/C34H44N2O4S/c1-4-7-9-10-11-24-36(34(38)35-28-14-18-30(19-15-28)40-25-8-5-2)29-16-22-32(23-17-29)41-31-20-12-27(13-21-31)26-33(37)39-6-3/h12-23H,4-11,24-26H2,1-3H3,(H,35,38). The Labute approximate surface area is 249 Å². The van der Waals surface area contributed by atoms with Crippen molar-refractivity contribution >= 4 is 35.1 Å². The fourth-order valence-corrected chi connectivity index (χ4v) is 5.08. The van der Waals surface area contributed by atoms with Crippen molar-refractivity contribution in [1.29, 1.82) is 0 Å². The molecule has 0 aliphatic rings. The van der Waals surface area contributed by atoms with Gasteiger partial charge >= 0.3 is 12.0 Å². The number of urea groups is 1. The van der Waals surface area contributed by atoms with E-state index >= 15 is 0 Å². The number of nitrogens with zero attached hydrogens (tertiary/aromatic N) is 1. The second kappa shape index (κ2) is 18.1. The second-order valence-corrected chi connectivity index (χ2v) is 11.1. The topological polar surface area (TPSA) is 67.9 Å². The summed E-state index contributed by atoms with van der Waals surface area (Å²) in [7, 11) is 0. The Morgan fingerprint density at radius 2 is 1.39 bits per heavy atom. The maximum absolute atomic E-state index is 13.4. The smallest absolute Gasteiger partial charge is 0.326 e. The Balaban J connectivity index is 1.64. The molecule has 3 aromatic carbocycles. The third-order valence-electron chi connectivity index (χ3n) is 6.56. The van der Waals surface area contributed by atoms with E-state index in [4.69, 9.17) is 9.47 Å². The third-order valence-corrected chi connectivity index (χ3v) is 7.58. The largest absolute Gasteiger partial charge is 0.494 e. The highest BCUT2D eigenvalue weighted by Gasteiger charge is 2.16. The first-order valence-corrected chi connectivity index (χ1v) is 15.7. The van der Waals surface area contributed by atoms with Gasteiger partial charge < -0.3 is 14.8 Å². The number of hydrogen-bond acceptors (Lipinski definition) is 5. The number of esters is 1. The van der Waals surface area contributed by atoms with Crippen LogP contribution in [0.4, 0.5) is 16.2 Å². The Kier molecular flexibility index (Phi) is 14.1. The Hall–Kier alpha value is -3.45. The van der Waals surface area contributed by atoms with Crippen molar-refractivity contribution in [3.05, 3.63) is 78.4 Å². The summed E-state index contributed by atoms with van der Waals surface area (Å²) in [6.07, 6.45) is 8.03. The first kappa shape index (κ1) is 32.1. The minimum Gasteiger partial charge on any atom is -0.494 e. The molecule has 0 radical (unpaired) electrons. The van der Waals surface area contributed by atoms with Crippen molar-refractivity contribution in [2.24, 2.45) is 0 Å². The molecule has 6 nitrogen and oxygen atoms in total. The Morgan fingerprint density at radius 1 is 0.756 bits per heavy atom. The number of carbonyl (C=O) groups is 2. The summed E-state index contributed by atoms with van der Waals surface area (Å²) >= 11 is 1.64. The highest BCUT2D eigenvalue weighted by Crippen LogP contribution is 2.30. The van der Waals surface area contributed by atoms with E-state index in [1.165, 1.54) is 19.3 Å². The van der Waals surface area contributed by atoms with Crippen molar-refractivity contribution < 1.29 is 19.1 Å². The van der Waals surface area contributed by atoms with Gasteiger partial charge in [0.25, 0.3) is 0 Å². The van der Waals surface area contributed by atoms with Gasteiger partial charge in [-0.25, -0.2) is 4.79 Å². The summed E-state index contributed by atoms with van der Waals surface area (Å²) in [5.74, 6) is 0.599. The summed E-state index contributed by atoms with van der Waals surface area (Å²) in [4.78, 5) is 29.1. The predicted molar refractivity (Wildman–Crippen MR) is 169 cm³/mol. The highest BCUT2D eigenvalue weighted by molar-refractivity contribution is 7.99. The van der Waals surface area contributed by atoms with Crippen molar-refractivity contribution in [3.8, 4) is 5.75 Å². The van der Waals surface area contributed by atoms with Crippen LogP contribution in [0.5, 0.6) is 5.75 Å². The molecule has 0 unspecified atom stereocenters. The van der Waals surface area contributed by atoms with Crippen LogP contribution in [0.2, 0.25) is 0 Å². The molecule has 0 aliphatic heterocycles. The molecule has 220 valence electrons. The van der Waals surface area contributed by atoms with Gasteiger partial charge in [0.05, 0.1) is 19.6 Å². The van der Waals surface area contributed by atoms with Gasteiger partial charge in [0.1, 0.15) is 5.75 Å². The quantitative estimate of drug-likeness (QED) is 0.128. The molecule has 0 spiro atoms. The van der Waals surface area contributed by atoms with Gasteiger partial charge in [-0.05, 0) is 86.0 Å². The normalized spacial score (nSPS) is 10.7. The van der Waals surface area contributed by atoms with Gasteiger partial charge in [-0.2, -0.15) is 0 Å². The van der Waals surface area contributed by atoms with Crippen LogP contribution in [0.1, 0.15) is 71.3 Å². The number of rotatable bonds is 17. The molecule has 3 rings (SSSR count). The van der Waals surface area contributed by atoms with Gasteiger partial charge in [0.2, 0.25) is 0 Å². The molecule has 0 heterocycles. The average molecular weight is 577 g/mol. The molecular weight excluding hydrogens is 532 g/mol. The van der Waals surface area contributed by atoms with Crippen LogP contribution in [-0.4, -0.2) is 31.8 Å². The van der Waals surface area contributed by atoms with Gasteiger partial charge in [-0.15, -0.1) is 0 Å². The molecule has 0 fully saturated rings. The molecule has 0 saturated carbocycles. The maximum atomic E-state index is 13.4. The lowest BCUT2D eigenvalue weighted by molar-refractivity contribution is -0.142.